The Morgan fingerprint density at radius 3 is 2.83 bits per heavy atom. The second-order valence-electron chi connectivity index (χ2n) is 3.50. The molecule has 1 saturated carbocycles. The van der Waals surface area contributed by atoms with E-state index in [2.05, 4.69) is 0 Å². The van der Waals surface area contributed by atoms with E-state index in [9.17, 15) is 4.79 Å². The molecule has 1 fully saturated rings. The van der Waals surface area contributed by atoms with Crippen molar-refractivity contribution < 1.29 is 9.53 Å². The average molecular weight is 171 g/mol. The second-order valence-corrected chi connectivity index (χ2v) is 3.50. The average Bonchev–Trinajstić information content (AvgIpc) is 2.83. The number of hydrogen-bond acceptors (Lipinski definition) is 3. The monoisotopic (exact) mass is 171 g/mol. The van der Waals surface area contributed by atoms with Crippen molar-refractivity contribution in [2.45, 2.75) is 31.7 Å². The number of ether oxygens (including phenoxy) is 1. The third-order valence-corrected chi connectivity index (χ3v) is 2.23. The molecule has 1 aliphatic rings. The van der Waals surface area contributed by atoms with Crippen LogP contribution < -0.4 is 5.73 Å². The molecule has 2 N–H and O–H groups in total. The molecule has 3 heteroatoms. The van der Waals surface area contributed by atoms with Gasteiger partial charge in [0.2, 0.25) is 0 Å². The van der Waals surface area contributed by atoms with Gasteiger partial charge in [0.1, 0.15) is 5.78 Å². The maximum Gasteiger partial charge on any atom is 0.149 e. The summed E-state index contributed by atoms with van der Waals surface area (Å²) in [5, 5.41) is 0. The van der Waals surface area contributed by atoms with E-state index in [0.29, 0.717) is 25.4 Å². The van der Waals surface area contributed by atoms with Crippen molar-refractivity contribution in [3.05, 3.63) is 0 Å². The lowest BCUT2D eigenvalue weighted by molar-refractivity contribution is -0.121. The summed E-state index contributed by atoms with van der Waals surface area (Å²) < 4.78 is 4.85. The number of Topliss-reactive ketones (excluding diaryl/α,β-unsaturated/α-hetero) is 1. The number of carbonyl (C=O) groups excluding carboxylic acids is 1. The number of rotatable bonds is 6. The minimum Gasteiger partial charge on any atom is -0.385 e. The van der Waals surface area contributed by atoms with E-state index in [1.807, 2.05) is 0 Å². The maximum absolute atomic E-state index is 11.3. The highest BCUT2D eigenvalue weighted by molar-refractivity contribution is 5.84. The van der Waals surface area contributed by atoms with Crippen LogP contribution in [0.2, 0.25) is 0 Å². The van der Waals surface area contributed by atoms with Crippen molar-refractivity contribution in [3.8, 4) is 0 Å². The van der Waals surface area contributed by atoms with Crippen LogP contribution in [0.25, 0.3) is 0 Å². The van der Waals surface area contributed by atoms with Crippen LogP contribution in [-0.2, 0) is 9.53 Å². The fourth-order valence-corrected chi connectivity index (χ4v) is 1.16. The summed E-state index contributed by atoms with van der Waals surface area (Å²) in [6, 6.07) is -0.300. The molecule has 0 bridgehead atoms. The Balaban J connectivity index is 2.11. The van der Waals surface area contributed by atoms with Crippen molar-refractivity contribution in [1.82, 2.24) is 0 Å². The number of ketones is 1. The number of hydrogen-bond donors (Lipinski definition) is 1. The van der Waals surface area contributed by atoms with E-state index >= 15 is 0 Å². The Morgan fingerprint density at radius 1 is 1.67 bits per heavy atom. The van der Waals surface area contributed by atoms with Gasteiger partial charge in [-0.25, -0.2) is 0 Å². The van der Waals surface area contributed by atoms with Crippen LogP contribution in [-0.4, -0.2) is 25.5 Å². The van der Waals surface area contributed by atoms with Gasteiger partial charge in [-0.1, -0.05) is 0 Å². The molecular weight excluding hydrogens is 154 g/mol. The largest absolute Gasteiger partial charge is 0.385 e. The van der Waals surface area contributed by atoms with E-state index in [1.165, 1.54) is 12.8 Å². The molecule has 1 rings (SSSR count). The number of carbonyl (C=O) groups is 1. The van der Waals surface area contributed by atoms with Crippen LogP contribution in [0.1, 0.15) is 25.7 Å². The lowest BCUT2D eigenvalue weighted by atomic mass is 10.1. The molecule has 12 heavy (non-hydrogen) atoms. The summed E-state index contributed by atoms with van der Waals surface area (Å²) in [6.07, 6.45) is 3.76. The Kier molecular flexibility index (Phi) is 3.69. The normalized spacial score (nSPS) is 19.2. The summed E-state index contributed by atoms with van der Waals surface area (Å²) in [5.41, 5.74) is 5.65. The standard InChI is InChI=1S/C9H17NO2/c1-12-5-4-8(10)9(11)6-7-2-3-7/h7-8H,2-6,10H2,1H3. The fraction of sp³-hybridized carbons (Fsp3) is 0.889. The molecule has 0 aromatic heterocycles. The molecule has 70 valence electrons. The molecule has 1 atom stereocenters. The highest BCUT2D eigenvalue weighted by Crippen LogP contribution is 2.32. The van der Waals surface area contributed by atoms with E-state index in [4.69, 9.17) is 10.5 Å². The molecule has 0 aromatic carbocycles. The van der Waals surface area contributed by atoms with Crippen LogP contribution >= 0.6 is 0 Å². The minimum atomic E-state index is -0.300. The van der Waals surface area contributed by atoms with Crippen molar-refractivity contribution in [2.24, 2.45) is 11.7 Å². The van der Waals surface area contributed by atoms with Gasteiger partial charge in [0.05, 0.1) is 6.04 Å². The first-order chi connectivity index (χ1) is 5.74. The van der Waals surface area contributed by atoms with Crippen LogP contribution in [0, 0.1) is 5.92 Å². The van der Waals surface area contributed by atoms with Gasteiger partial charge in [-0.3, -0.25) is 4.79 Å². The zero-order chi connectivity index (χ0) is 8.97. The maximum atomic E-state index is 11.3. The quantitative estimate of drug-likeness (QED) is 0.640. The third kappa shape index (κ3) is 3.32. The number of nitrogens with two attached hydrogens (primary N) is 1. The van der Waals surface area contributed by atoms with Gasteiger partial charge in [-0.05, 0) is 25.2 Å². The van der Waals surface area contributed by atoms with E-state index in [1.54, 1.807) is 7.11 Å². The van der Waals surface area contributed by atoms with Gasteiger partial charge >= 0.3 is 0 Å². The summed E-state index contributed by atoms with van der Waals surface area (Å²) >= 11 is 0. The molecule has 0 aliphatic heterocycles. The molecule has 0 spiro atoms. The molecule has 0 amide bonds. The molecule has 3 nitrogen and oxygen atoms in total. The molecule has 1 aliphatic carbocycles. The lowest BCUT2D eigenvalue weighted by Gasteiger charge is -2.08. The van der Waals surface area contributed by atoms with E-state index < -0.39 is 0 Å². The zero-order valence-corrected chi connectivity index (χ0v) is 7.58. The highest BCUT2D eigenvalue weighted by Gasteiger charge is 2.26. The Hall–Kier alpha value is -0.410. The summed E-state index contributed by atoms with van der Waals surface area (Å²) in [7, 11) is 1.62. The molecular formula is C9H17NO2. The Labute approximate surface area is 73.3 Å². The first-order valence-corrected chi connectivity index (χ1v) is 4.51. The summed E-state index contributed by atoms with van der Waals surface area (Å²) in [5.74, 6) is 0.848. The SMILES string of the molecule is COCCC(N)C(=O)CC1CC1. The Morgan fingerprint density at radius 2 is 2.33 bits per heavy atom. The second kappa shape index (κ2) is 4.58. The minimum absolute atomic E-state index is 0.203. The topological polar surface area (TPSA) is 52.3 Å². The lowest BCUT2D eigenvalue weighted by Crippen LogP contribution is -2.31. The summed E-state index contributed by atoms with van der Waals surface area (Å²) in [4.78, 5) is 11.3. The molecule has 1 unspecified atom stereocenters. The molecule has 0 saturated heterocycles. The first kappa shape index (κ1) is 9.68. The predicted molar refractivity (Wildman–Crippen MR) is 46.8 cm³/mol. The van der Waals surface area contributed by atoms with Crippen LogP contribution in [0.15, 0.2) is 0 Å². The van der Waals surface area contributed by atoms with Crippen molar-refractivity contribution in [2.75, 3.05) is 13.7 Å². The first-order valence-electron chi connectivity index (χ1n) is 4.51. The van der Waals surface area contributed by atoms with Gasteiger partial charge in [-0.2, -0.15) is 0 Å². The van der Waals surface area contributed by atoms with Crippen LogP contribution in [0.5, 0.6) is 0 Å². The molecule has 0 aromatic rings. The molecule has 0 radical (unpaired) electrons. The van der Waals surface area contributed by atoms with E-state index in [-0.39, 0.29) is 11.8 Å². The Bertz CT molecular complexity index is 155. The fourth-order valence-electron chi connectivity index (χ4n) is 1.16. The van der Waals surface area contributed by atoms with Crippen molar-refractivity contribution in [1.29, 1.82) is 0 Å². The van der Waals surface area contributed by atoms with Crippen LogP contribution in [0.3, 0.4) is 0 Å². The van der Waals surface area contributed by atoms with Gasteiger partial charge in [0.15, 0.2) is 0 Å². The van der Waals surface area contributed by atoms with Gasteiger partial charge in [0, 0.05) is 20.1 Å². The zero-order valence-electron chi connectivity index (χ0n) is 7.58. The van der Waals surface area contributed by atoms with Crippen molar-refractivity contribution in [3.63, 3.8) is 0 Å². The van der Waals surface area contributed by atoms with Crippen molar-refractivity contribution >= 4 is 5.78 Å². The predicted octanol–water partition coefficient (Wildman–Crippen LogP) is 0.719. The highest BCUT2D eigenvalue weighted by atomic mass is 16.5. The molecule has 0 heterocycles. The van der Waals surface area contributed by atoms with Crippen LogP contribution in [0.4, 0.5) is 0 Å². The number of methoxy groups -OCH3 is 1. The third-order valence-electron chi connectivity index (χ3n) is 2.23. The van der Waals surface area contributed by atoms with Gasteiger partial charge in [-0.15, -0.1) is 0 Å². The van der Waals surface area contributed by atoms with Gasteiger partial charge < -0.3 is 10.5 Å². The van der Waals surface area contributed by atoms with E-state index in [0.717, 1.165) is 0 Å². The smallest absolute Gasteiger partial charge is 0.149 e. The summed E-state index contributed by atoms with van der Waals surface area (Å²) in [6.45, 7) is 0.581. The van der Waals surface area contributed by atoms with Gasteiger partial charge in [0.25, 0.3) is 0 Å².